The number of guanidine groups is 2. The van der Waals surface area contributed by atoms with Crippen molar-refractivity contribution < 1.29 is 10.3 Å². The predicted octanol–water partition coefficient (Wildman–Crippen LogP) is -1.33. The minimum absolute atomic E-state index is 0. The van der Waals surface area contributed by atoms with Crippen LogP contribution in [0.1, 0.15) is 6.92 Å². The van der Waals surface area contributed by atoms with E-state index in [1.807, 2.05) is 0 Å². The van der Waals surface area contributed by atoms with Crippen LogP contribution >= 0.6 is 24.8 Å². The number of nitrogens with zero attached hydrogens (tertiary/aromatic N) is 2. The first-order valence-corrected chi connectivity index (χ1v) is 2.97. The Kier molecular flexibility index (Phi) is 16.7. The molecule has 0 unspecified atom stereocenters. The molecule has 8 nitrogen and oxygen atoms in total. The van der Waals surface area contributed by atoms with Gasteiger partial charge in [0.1, 0.15) is 0 Å². The SMILES string of the molecule is CC(C=O)=NN(C(=N)N)C(=N)N.Cl.Cl.O. The summed E-state index contributed by atoms with van der Waals surface area (Å²) >= 11 is 0. The molecule has 0 aliphatic carbocycles. The van der Waals surface area contributed by atoms with Gasteiger partial charge in [0.05, 0.1) is 5.71 Å². The van der Waals surface area contributed by atoms with Gasteiger partial charge in [-0.1, -0.05) is 0 Å². The molecule has 8 N–H and O–H groups in total. The Morgan fingerprint density at radius 1 is 1.27 bits per heavy atom. The van der Waals surface area contributed by atoms with Crippen LogP contribution in [0.3, 0.4) is 0 Å². The van der Waals surface area contributed by atoms with E-state index in [4.69, 9.17) is 22.3 Å². The first kappa shape index (κ1) is 23.4. The first-order valence-electron chi connectivity index (χ1n) is 2.97. The summed E-state index contributed by atoms with van der Waals surface area (Å²) < 4.78 is 0. The molecule has 0 atom stereocenters. The number of hydrazone groups is 1. The van der Waals surface area contributed by atoms with E-state index >= 15 is 0 Å². The number of hydrogen-bond donors (Lipinski definition) is 4. The summed E-state index contributed by atoms with van der Waals surface area (Å²) in [5.41, 5.74) is 10.1. The average molecular weight is 261 g/mol. The number of aldehydes is 1. The van der Waals surface area contributed by atoms with Crippen LogP contribution in [0.25, 0.3) is 0 Å². The molecule has 0 aliphatic heterocycles. The molecule has 10 heteroatoms. The van der Waals surface area contributed by atoms with Crippen molar-refractivity contribution in [3.05, 3.63) is 0 Å². The average Bonchev–Trinajstić information content (AvgIpc) is 1.98. The van der Waals surface area contributed by atoms with E-state index in [0.717, 1.165) is 0 Å². The van der Waals surface area contributed by atoms with Crippen LogP contribution in [0.4, 0.5) is 0 Å². The van der Waals surface area contributed by atoms with Crippen LogP contribution in [0.15, 0.2) is 5.10 Å². The molecule has 15 heavy (non-hydrogen) atoms. The summed E-state index contributed by atoms with van der Waals surface area (Å²) in [5, 5.41) is 17.9. The van der Waals surface area contributed by atoms with Crippen molar-refractivity contribution in [2.75, 3.05) is 0 Å². The summed E-state index contributed by atoms with van der Waals surface area (Å²) in [6.07, 6.45) is 0.471. The first-order chi connectivity index (χ1) is 5.49. The highest BCUT2D eigenvalue weighted by atomic mass is 35.5. The van der Waals surface area contributed by atoms with Gasteiger partial charge in [-0.15, -0.1) is 24.8 Å². The monoisotopic (exact) mass is 260 g/mol. The highest BCUT2D eigenvalue weighted by Gasteiger charge is 2.07. The molecule has 0 fully saturated rings. The topological polar surface area (TPSA) is 164 Å². The number of carbonyl (C=O) groups is 1. The van der Waals surface area contributed by atoms with Crippen LogP contribution in [0.2, 0.25) is 0 Å². The molecule has 0 aromatic rings. The molecule has 0 heterocycles. The summed E-state index contributed by atoms with van der Waals surface area (Å²) in [5.74, 6) is -1.02. The van der Waals surface area contributed by atoms with Crippen molar-refractivity contribution in [3.63, 3.8) is 0 Å². The number of rotatable bonds is 2. The summed E-state index contributed by atoms with van der Waals surface area (Å²) in [6, 6.07) is 0. The molecule has 0 bridgehead atoms. The molecule has 0 aliphatic rings. The van der Waals surface area contributed by atoms with Gasteiger partial charge in [0.25, 0.3) is 0 Å². The molecule has 0 amide bonds. The molecule has 0 saturated carbocycles. The van der Waals surface area contributed by atoms with Crippen molar-refractivity contribution in [3.8, 4) is 0 Å². The van der Waals surface area contributed by atoms with Gasteiger partial charge < -0.3 is 16.9 Å². The van der Waals surface area contributed by atoms with E-state index in [-0.39, 0.29) is 36.0 Å². The lowest BCUT2D eigenvalue weighted by atomic mass is 10.5. The van der Waals surface area contributed by atoms with Gasteiger partial charge in [-0.25, -0.2) is 0 Å². The summed E-state index contributed by atoms with van der Waals surface area (Å²) in [7, 11) is 0. The lowest BCUT2D eigenvalue weighted by Crippen LogP contribution is -2.41. The Morgan fingerprint density at radius 2 is 1.60 bits per heavy atom. The summed E-state index contributed by atoms with van der Waals surface area (Å²) in [4.78, 5) is 10.1. The van der Waals surface area contributed by atoms with E-state index in [1.54, 1.807) is 0 Å². The Bertz CT molecular complexity index is 242. The van der Waals surface area contributed by atoms with Gasteiger partial charge in [0.15, 0.2) is 6.29 Å². The van der Waals surface area contributed by atoms with Crippen LogP contribution in [0.5, 0.6) is 0 Å². The fraction of sp³-hybridized carbons (Fsp3) is 0.200. The van der Waals surface area contributed by atoms with E-state index < -0.39 is 11.9 Å². The van der Waals surface area contributed by atoms with Gasteiger partial charge in [-0.3, -0.25) is 15.6 Å². The third-order valence-corrected chi connectivity index (χ3v) is 0.885. The van der Waals surface area contributed by atoms with Crippen LogP contribution in [0, 0.1) is 10.8 Å². The predicted molar refractivity (Wildman–Crippen MR) is 63.0 cm³/mol. The van der Waals surface area contributed by atoms with Crippen LogP contribution in [-0.2, 0) is 4.79 Å². The standard InChI is InChI=1S/C5H10N6O.2ClH.H2O/c1-3(2-12)10-11(4(6)7)5(8)9;;;/h2H,1H3,(H3,6,7)(H3,8,9);2*1H;1H2. The largest absolute Gasteiger partial charge is 0.412 e. The Labute approximate surface area is 98.8 Å². The number of nitrogens with one attached hydrogen (secondary N) is 2. The van der Waals surface area contributed by atoms with Crippen molar-refractivity contribution in [2.45, 2.75) is 6.92 Å². The number of nitrogens with two attached hydrogens (primary N) is 2. The van der Waals surface area contributed by atoms with Crippen molar-refractivity contribution in [1.29, 1.82) is 10.8 Å². The Morgan fingerprint density at radius 3 is 1.80 bits per heavy atom. The number of carbonyl (C=O) groups excluding carboxylic acids is 1. The maximum atomic E-state index is 10.1. The molecule has 90 valence electrons. The van der Waals surface area contributed by atoms with Crippen LogP contribution < -0.4 is 11.5 Å². The maximum absolute atomic E-state index is 10.1. The highest BCUT2D eigenvalue weighted by Crippen LogP contribution is 1.86. The second kappa shape index (κ2) is 10.7. The fourth-order valence-corrected chi connectivity index (χ4v) is 0.419. The second-order valence-electron chi connectivity index (χ2n) is 1.94. The Hall–Kier alpha value is -1.38. The maximum Gasteiger partial charge on any atom is 0.216 e. The van der Waals surface area contributed by atoms with Crippen LogP contribution in [-0.4, -0.2) is 34.4 Å². The van der Waals surface area contributed by atoms with E-state index in [9.17, 15) is 4.79 Å². The molecule has 0 radical (unpaired) electrons. The number of hydrogen-bond acceptors (Lipinski definition) is 4. The van der Waals surface area contributed by atoms with Gasteiger partial charge in [0.2, 0.25) is 11.9 Å². The minimum Gasteiger partial charge on any atom is -0.412 e. The summed E-state index contributed by atoms with van der Waals surface area (Å²) in [6.45, 7) is 1.41. The molecule has 0 aromatic carbocycles. The zero-order valence-corrected chi connectivity index (χ0v) is 9.48. The quantitative estimate of drug-likeness (QED) is 0.209. The van der Waals surface area contributed by atoms with Gasteiger partial charge in [0, 0.05) is 0 Å². The van der Waals surface area contributed by atoms with E-state index in [1.165, 1.54) is 6.92 Å². The molecule has 0 aromatic heterocycles. The zero-order chi connectivity index (χ0) is 9.72. The second-order valence-corrected chi connectivity index (χ2v) is 1.94. The zero-order valence-electron chi connectivity index (χ0n) is 7.85. The van der Waals surface area contributed by atoms with Gasteiger partial charge >= 0.3 is 0 Å². The Balaban J connectivity index is -0.000000202. The smallest absolute Gasteiger partial charge is 0.216 e. The van der Waals surface area contributed by atoms with E-state index in [2.05, 4.69) is 5.10 Å². The van der Waals surface area contributed by atoms with Crippen molar-refractivity contribution >= 4 is 48.7 Å². The third-order valence-electron chi connectivity index (χ3n) is 0.885. The molecular formula is C5H14Cl2N6O2. The molecule has 0 spiro atoms. The third kappa shape index (κ3) is 8.94. The van der Waals surface area contributed by atoms with E-state index in [0.29, 0.717) is 11.3 Å². The van der Waals surface area contributed by atoms with Gasteiger partial charge in [-0.05, 0) is 6.92 Å². The number of halogens is 2. The molecule has 0 rings (SSSR count). The highest BCUT2D eigenvalue weighted by molar-refractivity contribution is 6.27. The van der Waals surface area contributed by atoms with Gasteiger partial charge in [-0.2, -0.15) is 10.1 Å². The molecular weight excluding hydrogens is 247 g/mol. The van der Waals surface area contributed by atoms with Crippen molar-refractivity contribution in [1.82, 2.24) is 5.01 Å². The lowest BCUT2D eigenvalue weighted by Gasteiger charge is -2.13. The van der Waals surface area contributed by atoms with Crippen molar-refractivity contribution in [2.24, 2.45) is 16.6 Å². The fourth-order valence-electron chi connectivity index (χ4n) is 0.419. The molecule has 0 saturated heterocycles. The lowest BCUT2D eigenvalue weighted by molar-refractivity contribution is -0.102. The minimum atomic E-state index is -0.510. The normalized spacial score (nSPS) is 8.47.